The van der Waals surface area contributed by atoms with E-state index in [2.05, 4.69) is 105 Å². The van der Waals surface area contributed by atoms with Crippen molar-refractivity contribution in [3.63, 3.8) is 0 Å². The predicted molar refractivity (Wildman–Crippen MR) is 196 cm³/mol. The lowest BCUT2D eigenvalue weighted by Gasteiger charge is -2.33. The third-order valence-corrected chi connectivity index (χ3v) is 12.0. The van der Waals surface area contributed by atoms with E-state index in [0.717, 1.165) is 47.5 Å². The van der Waals surface area contributed by atoms with Crippen molar-refractivity contribution >= 4 is 46.5 Å². The van der Waals surface area contributed by atoms with Crippen LogP contribution in [0, 0.1) is 11.3 Å². The van der Waals surface area contributed by atoms with Crippen LogP contribution in [0.4, 0.5) is 11.4 Å². The number of carboxylic acids is 1. The second-order valence-corrected chi connectivity index (χ2v) is 14.4. The number of rotatable bonds is 9. The van der Waals surface area contributed by atoms with E-state index in [-0.39, 0.29) is 11.0 Å². The minimum absolute atomic E-state index is 0.104. The molecule has 0 amide bonds. The molecular formula is C41H36N2O2S2. The highest BCUT2D eigenvalue weighted by Gasteiger charge is 2.41. The van der Waals surface area contributed by atoms with Crippen molar-refractivity contribution in [1.82, 2.24) is 0 Å². The number of unbranched alkanes of at least 4 members (excludes halogenated alkanes) is 1. The van der Waals surface area contributed by atoms with E-state index in [0.29, 0.717) is 0 Å². The first-order valence-corrected chi connectivity index (χ1v) is 18.0. The van der Waals surface area contributed by atoms with Crippen LogP contribution in [0.1, 0.15) is 62.5 Å². The second kappa shape index (κ2) is 12.6. The Morgan fingerprint density at radius 1 is 0.830 bits per heavy atom. The average molecular weight is 653 g/mol. The zero-order valence-electron chi connectivity index (χ0n) is 26.8. The van der Waals surface area contributed by atoms with E-state index in [1.165, 1.54) is 72.0 Å². The Morgan fingerprint density at radius 2 is 1.49 bits per heavy atom. The van der Waals surface area contributed by atoms with E-state index in [4.69, 9.17) is 0 Å². The molecule has 0 spiro atoms. The minimum Gasteiger partial charge on any atom is -0.477 e. The molecule has 1 N–H and O–H groups in total. The highest BCUT2D eigenvalue weighted by molar-refractivity contribution is 7.99. The summed E-state index contributed by atoms with van der Waals surface area (Å²) in [5, 5.41) is 18.5. The molecule has 2 aliphatic rings. The maximum atomic E-state index is 11.4. The topological polar surface area (TPSA) is 64.3 Å². The van der Waals surface area contributed by atoms with Crippen LogP contribution in [0.15, 0.2) is 106 Å². The van der Waals surface area contributed by atoms with Gasteiger partial charge in [0.25, 0.3) is 0 Å². The molecule has 0 saturated heterocycles. The van der Waals surface area contributed by atoms with Crippen molar-refractivity contribution < 1.29 is 9.90 Å². The van der Waals surface area contributed by atoms with E-state index < -0.39 is 5.97 Å². The number of nitrogens with zero attached hydrogens (tertiary/aromatic N) is 2. The van der Waals surface area contributed by atoms with Gasteiger partial charge in [0.15, 0.2) is 0 Å². The zero-order chi connectivity index (χ0) is 32.7. The Bertz CT molecular complexity index is 2100. The third kappa shape index (κ3) is 5.28. The van der Waals surface area contributed by atoms with Crippen LogP contribution in [0.5, 0.6) is 0 Å². The molecule has 0 radical (unpaired) electrons. The number of aliphatic carboxylic acids is 1. The van der Waals surface area contributed by atoms with Gasteiger partial charge in [-0.05, 0) is 113 Å². The van der Waals surface area contributed by atoms with Gasteiger partial charge in [-0.15, -0.1) is 11.3 Å². The molecular weight excluding hydrogens is 617 g/mol. The van der Waals surface area contributed by atoms with Crippen LogP contribution in [-0.4, -0.2) is 17.6 Å². The van der Waals surface area contributed by atoms with Gasteiger partial charge in [-0.25, -0.2) is 4.79 Å². The standard InChI is InChI=1S/C41H36N2O2S2/c1-4-7-20-43-35-10-8-9-11-38(35)47-39-24-27(14-18-36(39)43)26-12-16-31-32-17-13-28(23-34(32)41(5-2,6-3)33(31)22-26)37-19-15-30(46-37)21-29(25-42)40(44)45/h8-19,21-24H,4-7,20H2,1-3H3,(H,44,45)/b29-21-. The number of hydrogen-bond acceptors (Lipinski definition) is 5. The minimum atomic E-state index is -1.21. The van der Waals surface area contributed by atoms with Gasteiger partial charge in [0.05, 0.1) is 11.4 Å². The van der Waals surface area contributed by atoms with Crippen LogP contribution >= 0.6 is 23.1 Å². The Labute approximate surface area is 285 Å². The van der Waals surface area contributed by atoms with Crippen molar-refractivity contribution in [2.24, 2.45) is 0 Å². The van der Waals surface area contributed by atoms with Crippen LogP contribution in [0.2, 0.25) is 0 Å². The summed E-state index contributed by atoms with van der Waals surface area (Å²) in [5.41, 5.74) is 11.2. The van der Waals surface area contributed by atoms with Crippen LogP contribution in [-0.2, 0) is 10.2 Å². The van der Waals surface area contributed by atoms with E-state index in [1.807, 2.05) is 23.9 Å². The molecule has 2 heterocycles. The van der Waals surface area contributed by atoms with Crippen molar-refractivity contribution in [1.29, 1.82) is 5.26 Å². The molecule has 1 aliphatic carbocycles. The summed E-state index contributed by atoms with van der Waals surface area (Å²) in [4.78, 5) is 18.3. The van der Waals surface area contributed by atoms with E-state index >= 15 is 0 Å². The molecule has 5 aromatic rings. The fourth-order valence-electron chi connectivity index (χ4n) is 7.28. The lowest BCUT2D eigenvalue weighted by atomic mass is 9.73. The summed E-state index contributed by atoms with van der Waals surface area (Å²) < 4.78 is 0. The van der Waals surface area contributed by atoms with Crippen molar-refractivity contribution in [3.8, 4) is 38.8 Å². The molecule has 4 aromatic carbocycles. The Kier molecular flexibility index (Phi) is 8.30. The maximum absolute atomic E-state index is 11.4. The molecule has 0 unspecified atom stereocenters. The average Bonchev–Trinajstić information content (AvgIpc) is 3.68. The molecule has 4 nitrogen and oxygen atoms in total. The van der Waals surface area contributed by atoms with Gasteiger partial charge < -0.3 is 10.0 Å². The summed E-state index contributed by atoms with van der Waals surface area (Å²) in [6.07, 6.45) is 5.74. The SMILES string of the molecule is CCCCN1c2ccccc2Sc2cc(-c3ccc4c(c3)C(CC)(CC)c3cc(-c5ccc(/C=C(/C#N)C(=O)O)s5)ccc3-4)ccc21. The summed E-state index contributed by atoms with van der Waals surface area (Å²) in [7, 11) is 0. The monoisotopic (exact) mass is 652 g/mol. The lowest BCUT2D eigenvalue weighted by molar-refractivity contribution is -0.132. The number of hydrogen-bond donors (Lipinski definition) is 1. The maximum Gasteiger partial charge on any atom is 0.346 e. The van der Waals surface area contributed by atoms with Gasteiger partial charge in [0.1, 0.15) is 11.6 Å². The van der Waals surface area contributed by atoms with Crippen LogP contribution in [0.3, 0.4) is 0 Å². The molecule has 7 rings (SSSR count). The number of anilines is 2. The van der Waals surface area contributed by atoms with Gasteiger partial charge in [-0.3, -0.25) is 0 Å². The third-order valence-electron chi connectivity index (χ3n) is 9.81. The largest absolute Gasteiger partial charge is 0.477 e. The van der Waals surface area contributed by atoms with E-state index in [1.54, 1.807) is 6.07 Å². The Balaban J connectivity index is 1.26. The predicted octanol–water partition coefficient (Wildman–Crippen LogP) is 11.6. The summed E-state index contributed by atoms with van der Waals surface area (Å²) in [6, 6.07) is 35.2. The fourth-order valence-corrected chi connectivity index (χ4v) is 9.36. The first kappa shape index (κ1) is 31.1. The number of para-hydroxylation sites is 1. The number of fused-ring (bicyclic) bond motifs is 5. The number of carboxylic acid groups (broad SMARTS) is 1. The molecule has 1 aromatic heterocycles. The highest BCUT2D eigenvalue weighted by atomic mass is 32.2. The van der Waals surface area contributed by atoms with Gasteiger partial charge in [0.2, 0.25) is 0 Å². The number of thiophene rings is 1. The first-order valence-electron chi connectivity index (χ1n) is 16.3. The van der Waals surface area contributed by atoms with Crippen LogP contribution in [0.25, 0.3) is 38.8 Å². The zero-order valence-corrected chi connectivity index (χ0v) is 28.5. The summed E-state index contributed by atoms with van der Waals surface area (Å²) in [6.45, 7) is 7.86. The normalized spacial score (nSPS) is 14.2. The van der Waals surface area contributed by atoms with E-state index in [9.17, 15) is 15.2 Å². The van der Waals surface area contributed by atoms with Gasteiger partial charge in [-0.1, -0.05) is 81.4 Å². The van der Waals surface area contributed by atoms with Crippen molar-refractivity contribution in [3.05, 3.63) is 113 Å². The molecule has 234 valence electrons. The molecule has 6 heteroatoms. The smallest absolute Gasteiger partial charge is 0.346 e. The first-order chi connectivity index (χ1) is 22.9. The highest BCUT2D eigenvalue weighted by Crippen LogP contribution is 2.55. The number of benzene rings is 4. The lowest BCUT2D eigenvalue weighted by Crippen LogP contribution is -2.23. The Morgan fingerprint density at radius 3 is 2.19 bits per heavy atom. The van der Waals surface area contributed by atoms with Gasteiger partial charge in [-0.2, -0.15) is 5.26 Å². The van der Waals surface area contributed by atoms with Gasteiger partial charge in [0, 0.05) is 31.5 Å². The van der Waals surface area contributed by atoms with Gasteiger partial charge >= 0.3 is 5.97 Å². The molecule has 0 bridgehead atoms. The molecule has 0 fully saturated rings. The Hall–Kier alpha value is -4.57. The quantitative estimate of drug-likeness (QED) is 0.127. The van der Waals surface area contributed by atoms with Crippen molar-refractivity contribution in [2.45, 2.75) is 61.7 Å². The molecule has 0 atom stereocenters. The molecule has 47 heavy (non-hydrogen) atoms. The number of nitriles is 1. The summed E-state index contributed by atoms with van der Waals surface area (Å²) >= 11 is 3.38. The summed E-state index contributed by atoms with van der Waals surface area (Å²) in [5.74, 6) is -1.21. The second-order valence-electron chi connectivity index (χ2n) is 12.2. The van der Waals surface area contributed by atoms with Crippen molar-refractivity contribution in [2.75, 3.05) is 11.4 Å². The van der Waals surface area contributed by atoms with Crippen LogP contribution < -0.4 is 4.90 Å². The fraction of sp³-hybridized carbons (Fsp3) is 0.220. The number of carbonyl (C=O) groups is 1. The molecule has 0 saturated carbocycles. The molecule has 1 aliphatic heterocycles.